The standard InChI is InChI=1S/C14H11BrF3N/c1-7-2-13(18)11(6-12(7)17)14(19)8-3-9(15)5-10(16)4-8/h2-6,14H,19H2,1H3. The molecule has 2 aromatic carbocycles. The van der Waals surface area contributed by atoms with Gasteiger partial charge in [-0.15, -0.1) is 0 Å². The number of aryl methyl sites for hydroxylation is 1. The maximum Gasteiger partial charge on any atom is 0.128 e. The van der Waals surface area contributed by atoms with Gasteiger partial charge in [0.05, 0.1) is 6.04 Å². The molecule has 1 atom stereocenters. The molecule has 100 valence electrons. The average Bonchev–Trinajstić information content (AvgIpc) is 2.31. The van der Waals surface area contributed by atoms with Crippen molar-refractivity contribution in [3.8, 4) is 0 Å². The summed E-state index contributed by atoms with van der Waals surface area (Å²) in [5.74, 6) is -1.64. The summed E-state index contributed by atoms with van der Waals surface area (Å²) in [5, 5.41) is 0. The molecule has 1 unspecified atom stereocenters. The van der Waals surface area contributed by atoms with Crippen LogP contribution in [0.3, 0.4) is 0 Å². The van der Waals surface area contributed by atoms with Crippen LogP contribution in [0.2, 0.25) is 0 Å². The zero-order valence-electron chi connectivity index (χ0n) is 10.1. The van der Waals surface area contributed by atoms with Gasteiger partial charge < -0.3 is 5.73 Å². The molecule has 0 saturated heterocycles. The monoisotopic (exact) mass is 329 g/mol. The van der Waals surface area contributed by atoms with Crippen LogP contribution in [0.5, 0.6) is 0 Å². The van der Waals surface area contributed by atoms with Crippen LogP contribution in [0.15, 0.2) is 34.8 Å². The van der Waals surface area contributed by atoms with Crippen molar-refractivity contribution in [1.29, 1.82) is 0 Å². The van der Waals surface area contributed by atoms with Gasteiger partial charge in [0, 0.05) is 10.0 Å². The largest absolute Gasteiger partial charge is 0.320 e. The van der Waals surface area contributed by atoms with Crippen molar-refractivity contribution in [2.45, 2.75) is 13.0 Å². The molecule has 0 aliphatic carbocycles. The quantitative estimate of drug-likeness (QED) is 0.876. The van der Waals surface area contributed by atoms with Gasteiger partial charge in [-0.2, -0.15) is 0 Å². The normalized spacial score (nSPS) is 12.5. The second kappa shape index (κ2) is 5.35. The first kappa shape index (κ1) is 14.1. The average molecular weight is 330 g/mol. The van der Waals surface area contributed by atoms with Gasteiger partial charge in [-0.25, -0.2) is 13.2 Å². The minimum absolute atomic E-state index is 0.000556. The van der Waals surface area contributed by atoms with Crippen molar-refractivity contribution in [3.63, 3.8) is 0 Å². The molecule has 19 heavy (non-hydrogen) atoms. The molecule has 1 nitrogen and oxygen atoms in total. The molecule has 2 N–H and O–H groups in total. The number of rotatable bonds is 2. The Morgan fingerprint density at radius 1 is 1.00 bits per heavy atom. The lowest BCUT2D eigenvalue weighted by Gasteiger charge is -2.15. The van der Waals surface area contributed by atoms with E-state index in [0.29, 0.717) is 10.0 Å². The molecule has 2 aromatic rings. The highest BCUT2D eigenvalue weighted by Crippen LogP contribution is 2.27. The summed E-state index contributed by atoms with van der Waals surface area (Å²) in [6.07, 6.45) is 0. The van der Waals surface area contributed by atoms with E-state index in [4.69, 9.17) is 5.73 Å². The van der Waals surface area contributed by atoms with Crippen molar-refractivity contribution in [2.24, 2.45) is 5.73 Å². The molecule has 0 bridgehead atoms. The van der Waals surface area contributed by atoms with Gasteiger partial charge in [0.2, 0.25) is 0 Å². The second-order valence-corrected chi connectivity index (χ2v) is 5.22. The van der Waals surface area contributed by atoms with Crippen LogP contribution < -0.4 is 5.73 Å². The lowest BCUT2D eigenvalue weighted by molar-refractivity contribution is 0.569. The molecule has 0 aliphatic heterocycles. The van der Waals surface area contributed by atoms with Crippen molar-refractivity contribution in [3.05, 3.63) is 68.9 Å². The van der Waals surface area contributed by atoms with Gasteiger partial charge in [-0.3, -0.25) is 0 Å². The first-order valence-corrected chi connectivity index (χ1v) is 6.35. The highest BCUT2D eigenvalue weighted by molar-refractivity contribution is 9.10. The van der Waals surface area contributed by atoms with Gasteiger partial charge in [0.1, 0.15) is 17.5 Å². The summed E-state index contributed by atoms with van der Waals surface area (Å²) in [6, 6.07) is 5.24. The minimum Gasteiger partial charge on any atom is -0.320 e. The van der Waals surface area contributed by atoms with Crippen LogP contribution in [0.1, 0.15) is 22.7 Å². The maximum atomic E-state index is 13.8. The topological polar surface area (TPSA) is 26.0 Å². The first-order valence-electron chi connectivity index (χ1n) is 5.55. The summed E-state index contributed by atoms with van der Waals surface area (Å²) >= 11 is 3.14. The Morgan fingerprint density at radius 2 is 1.68 bits per heavy atom. The summed E-state index contributed by atoms with van der Waals surface area (Å²) in [4.78, 5) is 0. The highest BCUT2D eigenvalue weighted by Gasteiger charge is 2.17. The van der Waals surface area contributed by atoms with Crippen LogP contribution in [0.4, 0.5) is 13.2 Å². The van der Waals surface area contributed by atoms with Crippen LogP contribution in [0, 0.1) is 24.4 Å². The third-order valence-corrected chi connectivity index (χ3v) is 3.31. The lowest BCUT2D eigenvalue weighted by atomic mass is 9.98. The Labute approximate surface area is 117 Å². The molecule has 5 heteroatoms. The van der Waals surface area contributed by atoms with Gasteiger partial charge in [0.15, 0.2) is 0 Å². The fraction of sp³-hybridized carbons (Fsp3) is 0.143. The molecule has 0 fully saturated rings. The van der Waals surface area contributed by atoms with Crippen LogP contribution >= 0.6 is 15.9 Å². The van der Waals surface area contributed by atoms with Crippen LogP contribution in [0.25, 0.3) is 0 Å². The Bertz CT molecular complexity index is 608. The van der Waals surface area contributed by atoms with Gasteiger partial charge in [-0.1, -0.05) is 15.9 Å². The molecule has 0 heterocycles. The van der Waals surface area contributed by atoms with Crippen LogP contribution in [-0.4, -0.2) is 0 Å². The van der Waals surface area contributed by atoms with Crippen molar-refractivity contribution in [2.75, 3.05) is 0 Å². The zero-order valence-corrected chi connectivity index (χ0v) is 11.6. The predicted octanol–water partition coefficient (Wildman–Crippen LogP) is 4.22. The third-order valence-electron chi connectivity index (χ3n) is 2.86. The van der Waals surface area contributed by atoms with Gasteiger partial charge in [-0.05, 0) is 48.4 Å². The van der Waals surface area contributed by atoms with Crippen molar-refractivity contribution < 1.29 is 13.2 Å². The predicted molar refractivity (Wildman–Crippen MR) is 71.2 cm³/mol. The zero-order chi connectivity index (χ0) is 14.2. The van der Waals surface area contributed by atoms with Gasteiger partial charge in [0.25, 0.3) is 0 Å². The van der Waals surface area contributed by atoms with Crippen LogP contribution in [-0.2, 0) is 0 Å². The molecule has 0 spiro atoms. The van der Waals surface area contributed by atoms with E-state index in [2.05, 4.69) is 15.9 Å². The number of benzene rings is 2. The van der Waals surface area contributed by atoms with Crippen molar-refractivity contribution >= 4 is 15.9 Å². The summed E-state index contributed by atoms with van der Waals surface area (Å²) in [6.45, 7) is 1.46. The third kappa shape index (κ3) is 2.98. The fourth-order valence-corrected chi connectivity index (χ4v) is 2.32. The van der Waals surface area contributed by atoms with E-state index >= 15 is 0 Å². The Hall–Kier alpha value is -1.33. The summed E-state index contributed by atoms with van der Waals surface area (Å²) in [5.41, 5.74) is 6.45. The number of halogens is 4. The second-order valence-electron chi connectivity index (χ2n) is 4.30. The smallest absolute Gasteiger partial charge is 0.128 e. The lowest BCUT2D eigenvalue weighted by Crippen LogP contribution is -2.14. The maximum absolute atomic E-state index is 13.8. The molecular formula is C14H11BrF3N. The fourth-order valence-electron chi connectivity index (χ4n) is 1.83. The molecule has 0 amide bonds. The van der Waals surface area contributed by atoms with E-state index in [-0.39, 0.29) is 11.1 Å². The first-order chi connectivity index (χ1) is 8.88. The van der Waals surface area contributed by atoms with E-state index in [1.54, 1.807) is 6.07 Å². The Kier molecular flexibility index (Phi) is 3.96. The number of hydrogen-bond acceptors (Lipinski definition) is 1. The molecule has 0 aromatic heterocycles. The Morgan fingerprint density at radius 3 is 2.32 bits per heavy atom. The summed E-state index contributed by atoms with van der Waals surface area (Å²) < 4.78 is 41.1. The Balaban J connectivity index is 2.49. The van der Waals surface area contributed by atoms with Gasteiger partial charge >= 0.3 is 0 Å². The SMILES string of the molecule is Cc1cc(F)c(C(N)c2cc(F)cc(Br)c2)cc1F. The van der Waals surface area contributed by atoms with E-state index in [1.807, 2.05) is 0 Å². The number of nitrogens with two attached hydrogens (primary N) is 1. The molecular weight excluding hydrogens is 319 g/mol. The number of hydrogen-bond donors (Lipinski definition) is 1. The molecule has 2 rings (SSSR count). The highest BCUT2D eigenvalue weighted by atomic mass is 79.9. The molecule has 0 radical (unpaired) electrons. The molecule has 0 saturated carbocycles. The van der Waals surface area contributed by atoms with E-state index in [9.17, 15) is 13.2 Å². The minimum atomic E-state index is -0.929. The van der Waals surface area contributed by atoms with E-state index in [1.165, 1.54) is 19.1 Å². The van der Waals surface area contributed by atoms with E-state index < -0.39 is 23.5 Å². The van der Waals surface area contributed by atoms with Crippen molar-refractivity contribution in [1.82, 2.24) is 0 Å². The van der Waals surface area contributed by atoms with E-state index in [0.717, 1.165) is 12.1 Å². The summed E-state index contributed by atoms with van der Waals surface area (Å²) in [7, 11) is 0. The molecule has 0 aliphatic rings.